The van der Waals surface area contributed by atoms with Crippen LogP contribution in [0.4, 0.5) is 0 Å². The Kier molecular flexibility index (Phi) is 4.75. The van der Waals surface area contributed by atoms with E-state index in [-0.39, 0.29) is 6.61 Å². The van der Waals surface area contributed by atoms with Crippen molar-refractivity contribution in [3.05, 3.63) is 33.9 Å². The third-order valence-corrected chi connectivity index (χ3v) is 8.70. The molecule has 0 aromatic carbocycles. The molecule has 0 bridgehead atoms. The van der Waals surface area contributed by atoms with Gasteiger partial charge in [-0.3, -0.25) is 0 Å². The molecule has 4 aliphatic carbocycles. The van der Waals surface area contributed by atoms with Gasteiger partial charge in [-0.25, -0.2) is 0 Å². The zero-order chi connectivity index (χ0) is 18.6. The largest absolute Gasteiger partial charge is 0.392 e. The van der Waals surface area contributed by atoms with Crippen molar-refractivity contribution in [1.82, 2.24) is 0 Å². The predicted octanol–water partition coefficient (Wildman–Crippen LogP) is 6.45. The van der Waals surface area contributed by atoms with Crippen LogP contribution in [0.15, 0.2) is 33.9 Å². The fraction of sp³-hybridized carbons (Fsp3) is 0.760. The summed E-state index contributed by atoms with van der Waals surface area (Å²) >= 11 is 0. The molecule has 1 heteroatoms. The lowest BCUT2D eigenvalue weighted by Gasteiger charge is -2.44. The molecule has 0 radical (unpaired) electrons. The second-order valence-corrected chi connectivity index (χ2v) is 10.5. The standard InChI is InChI=1S/C25H38O/c1-15(2)18-10-11-25(5)13-22-17(4)6-8-19-16(3)7-9-20(19)23(14-26)21(22)12-24(18)25/h9,15-16,18-19,24,26H,6-8,10-14H2,1-5H3/b22-17-,23-21-/t16-,18+,19-,24-,25+/m1/s1. The maximum atomic E-state index is 10.4. The lowest BCUT2D eigenvalue weighted by Crippen LogP contribution is -2.34. The Bertz CT molecular complexity index is 676. The molecule has 2 saturated carbocycles. The topological polar surface area (TPSA) is 20.2 Å². The zero-order valence-corrected chi connectivity index (χ0v) is 17.6. The van der Waals surface area contributed by atoms with Crippen LogP contribution in [-0.4, -0.2) is 11.7 Å². The predicted molar refractivity (Wildman–Crippen MR) is 110 cm³/mol. The summed E-state index contributed by atoms with van der Waals surface area (Å²) in [6.45, 7) is 12.4. The minimum Gasteiger partial charge on any atom is -0.392 e. The van der Waals surface area contributed by atoms with Gasteiger partial charge in [-0.1, -0.05) is 39.3 Å². The Balaban J connectivity index is 1.82. The van der Waals surface area contributed by atoms with Crippen molar-refractivity contribution in [2.75, 3.05) is 6.61 Å². The number of aliphatic hydroxyl groups excluding tert-OH is 1. The zero-order valence-electron chi connectivity index (χ0n) is 17.6. The van der Waals surface area contributed by atoms with E-state index in [1.54, 1.807) is 16.7 Å². The van der Waals surface area contributed by atoms with Crippen molar-refractivity contribution in [3.63, 3.8) is 0 Å². The number of allylic oxidation sites excluding steroid dienone is 4. The summed E-state index contributed by atoms with van der Waals surface area (Å²) in [6, 6.07) is 0. The number of aliphatic hydroxyl groups is 1. The third kappa shape index (κ3) is 2.77. The average molecular weight is 355 g/mol. The molecule has 0 heterocycles. The van der Waals surface area contributed by atoms with Crippen LogP contribution in [0.2, 0.25) is 0 Å². The van der Waals surface area contributed by atoms with Crippen LogP contribution >= 0.6 is 0 Å². The van der Waals surface area contributed by atoms with E-state index >= 15 is 0 Å². The van der Waals surface area contributed by atoms with Gasteiger partial charge in [0.25, 0.3) is 0 Å². The molecule has 4 rings (SSSR count). The first-order valence-corrected chi connectivity index (χ1v) is 11.1. The Hall–Kier alpha value is -0.820. The fourth-order valence-electron chi connectivity index (χ4n) is 6.99. The van der Waals surface area contributed by atoms with Crippen LogP contribution in [-0.2, 0) is 0 Å². The molecule has 1 nitrogen and oxygen atoms in total. The van der Waals surface area contributed by atoms with Crippen LogP contribution in [0, 0.1) is 35.0 Å². The van der Waals surface area contributed by atoms with Gasteiger partial charge in [0.05, 0.1) is 6.61 Å². The number of hydrogen-bond donors (Lipinski definition) is 1. The van der Waals surface area contributed by atoms with Gasteiger partial charge < -0.3 is 5.11 Å². The maximum Gasteiger partial charge on any atom is 0.0687 e. The summed E-state index contributed by atoms with van der Waals surface area (Å²) < 4.78 is 0. The first-order chi connectivity index (χ1) is 12.4. The van der Waals surface area contributed by atoms with Gasteiger partial charge >= 0.3 is 0 Å². The van der Waals surface area contributed by atoms with E-state index in [9.17, 15) is 5.11 Å². The molecule has 0 aromatic rings. The number of rotatable bonds is 2. The molecular weight excluding hydrogens is 316 g/mol. The Morgan fingerprint density at radius 2 is 2.00 bits per heavy atom. The van der Waals surface area contributed by atoms with E-state index in [1.165, 1.54) is 56.1 Å². The van der Waals surface area contributed by atoms with Crippen LogP contribution in [0.5, 0.6) is 0 Å². The molecule has 0 spiro atoms. The monoisotopic (exact) mass is 354 g/mol. The van der Waals surface area contributed by atoms with Crippen LogP contribution in [0.3, 0.4) is 0 Å². The highest BCUT2D eigenvalue weighted by atomic mass is 16.3. The van der Waals surface area contributed by atoms with Crippen molar-refractivity contribution in [1.29, 1.82) is 0 Å². The Labute approximate surface area is 160 Å². The maximum absolute atomic E-state index is 10.4. The lowest BCUT2D eigenvalue weighted by molar-refractivity contribution is 0.149. The molecular formula is C25H38O. The van der Waals surface area contributed by atoms with Gasteiger partial charge in [-0.15, -0.1) is 0 Å². The molecule has 0 aliphatic heterocycles. The van der Waals surface area contributed by atoms with Crippen molar-refractivity contribution in [2.45, 2.75) is 79.6 Å². The normalized spacial score (nSPS) is 45.7. The quantitative estimate of drug-likeness (QED) is 0.604. The average Bonchev–Trinajstić information content (AvgIpc) is 3.12. The van der Waals surface area contributed by atoms with Gasteiger partial charge in [0, 0.05) is 0 Å². The Morgan fingerprint density at radius 3 is 2.69 bits per heavy atom. The third-order valence-electron chi connectivity index (χ3n) is 8.70. The first kappa shape index (κ1) is 18.5. The van der Waals surface area contributed by atoms with Crippen molar-refractivity contribution < 1.29 is 5.11 Å². The van der Waals surface area contributed by atoms with E-state index < -0.39 is 0 Å². The molecule has 0 aromatic heterocycles. The summed E-state index contributed by atoms with van der Waals surface area (Å²) in [5.74, 6) is 3.84. The van der Waals surface area contributed by atoms with Gasteiger partial charge in [-0.05, 0) is 109 Å². The van der Waals surface area contributed by atoms with E-state index in [1.807, 2.05) is 0 Å². The van der Waals surface area contributed by atoms with Crippen LogP contribution < -0.4 is 0 Å². The molecule has 0 saturated heterocycles. The molecule has 0 amide bonds. The number of hydrogen-bond acceptors (Lipinski definition) is 1. The first-order valence-electron chi connectivity index (χ1n) is 11.1. The summed E-state index contributed by atoms with van der Waals surface area (Å²) in [4.78, 5) is 0. The molecule has 2 fully saturated rings. The molecule has 26 heavy (non-hydrogen) atoms. The Morgan fingerprint density at radius 1 is 1.23 bits per heavy atom. The van der Waals surface area contributed by atoms with Crippen LogP contribution in [0.1, 0.15) is 79.6 Å². The lowest BCUT2D eigenvalue weighted by atomic mass is 9.60. The minimum atomic E-state index is 0.233. The van der Waals surface area contributed by atoms with Gasteiger partial charge in [-0.2, -0.15) is 0 Å². The minimum absolute atomic E-state index is 0.233. The van der Waals surface area contributed by atoms with Crippen molar-refractivity contribution >= 4 is 0 Å². The van der Waals surface area contributed by atoms with E-state index in [4.69, 9.17) is 0 Å². The van der Waals surface area contributed by atoms with Crippen molar-refractivity contribution in [3.8, 4) is 0 Å². The summed E-state index contributed by atoms with van der Waals surface area (Å²) in [5, 5.41) is 10.4. The second-order valence-electron chi connectivity index (χ2n) is 10.5. The summed E-state index contributed by atoms with van der Waals surface area (Å²) in [5.41, 5.74) is 8.14. The van der Waals surface area contributed by atoms with E-state index in [2.05, 4.69) is 40.7 Å². The van der Waals surface area contributed by atoms with Gasteiger partial charge in [0.15, 0.2) is 0 Å². The van der Waals surface area contributed by atoms with Crippen molar-refractivity contribution in [2.24, 2.45) is 35.0 Å². The highest BCUT2D eigenvalue weighted by Crippen LogP contribution is 2.61. The SMILES string of the molecule is C/C1=C2\C[C@]3(C)CC[C@@H](C(C)C)[C@H]3C\C2=C(/CO)C2=CC[C@@H](C)[C@H]2CC1. The molecule has 0 unspecified atom stereocenters. The van der Waals surface area contributed by atoms with E-state index in [0.717, 1.165) is 23.7 Å². The van der Waals surface area contributed by atoms with Gasteiger partial charge in [0.2, 0.25) is 0 Å². The highest BCUT2D eigenvalue weighted by Gasteiger charge is 2.50. The molecule has 144 valence electrons. The fourth-order valence-corrected chi connectivity index (χ4v) is 6.99. The molecule has 1 N–H and O–H groups in total. The molecule has 4 aliphatic rings. The smallest absolute Gasteiger partial charge is 0.0687 e. The number of fused-ring (bicyclic) bond motifs is 3. The summed E-state index contributed by atoms with van der Waals surface area (Å²) in [7, 11) is 0. The highest BCUT2D eigenvalue weighted by molar-refractivity contribution is 5.52. The second kappa shape index (κ2) is 6.66. The van der Waals surface area contributed by atoms with Gasteiger partial charge in [0.1, 0.15) is 0 Å². The molecule has 5 atom stereocenters. The van der Waals surface area contributed by atoms with E-state index in [0.29, 0.717) is 11.3 Å². The van der Waals surface area contributed by atoms with Crippen LogP contribution in [0.25, 0.3) is 0 Å². The summed E-state index contributed by atoms with van der Waals surface area (Å²) in [6.07, 6.45) is 11.4.